The Kier molecular flexibility index (Phi) is 5.68. The standard InChI is InChI=1S/C22H25F2NO3Si/c1-6-17-18(22(27)28-7-2)21(26)15-12-16(23)19(24)14(10-11-29(3,4)5)20(15)25(17)13-8-9-13/h12-13H,6-9H2,1-5H3. The van der Waals surface area contributed by atoms with Gasteiger partial charge in [-0.2, -0.15) is 0 Å². The molecule has 0 radical (unpaired) electrons. The second kappa shape index (κ2) is 7.75. The van der Waals surface area contributed by atoms with E-state index in [0.717, 1.165) is 18.9 Å². The molecular weight excluding hydrogens is 392 g/mol. The molecule has 0 N–H and O–H groups in total. The van der Waals surface area contributed by atoms with Gasteiger partial charge in [0.05, 0.1) is 23.1 Å². The molecule has 0 unspecified atom stereocenters. The van der Waals surface area contributed by atoms with Crippen LogP contribution in [-0.4, -0.2) is 25.2 Å². The van der Waals surface area contributed by atoms with Crippen LogP contribution in [0.25, 0.3) is 10.9 Å². The molecule has 2 aromatic rings. The van der Waals surface area contributed by atoms with Crippen molar-refractivity contribution in [3.05, 3.63) is 44.7 Å². The molecule has 0 atom stereocenters. The topological polar surface area (TPSA) is 48.3 Å². The van der Waals surface area contributed by atoms with Gasteiger partial charge >= 0.3 is 5.97 Å². The van der Waals surface area contributed by atoms with Crippen molar-refractivity contribution in [3.63, 3.8) is 0 Å². The minimum atomic E-state index is -1.88. The molecule has 0 aliphatic heterocycles. The molecule has 154 valence electrons. The maximum atomic E-state index is 14.8. The Morgan fingerprint density at radius 3 is 2.45 bits per heavy atom. The van der Waals surface area contributed by atoms with Crippen molar-refractivity contribution in [2.45, 2.75) is 58.8 Å². The Balaban J connectivity index is 2.52. The average molecular weight is 418 g/mol. The number of aromatic nitrogens is 1. The van der Waals surface area contributed by atoms with Crippen molar-refractivity contribution < 1.29 is 18.3 Å². The number of benzene rings is 1. The molecule has 1 fully saturated rings. The molecule has 1 aliphatic carbocycles. The number of fused-ring (bicyclic) bond motifs is 1. The fourth-order valence-corrected chi connectivity index (χ4v) is 3.92. The molecule has 1 aromatic heterocycles. The van der Waals surface area contributed by atoms with Crippen LogP contribution in [0.4, 0.5) is 8.78 Å². The molecule has 1 heterocycles. The molecule has 1 saturated carbocycles. The Morgan fingerprint density at radius 2 is 1.93 bits per heavy atom. The summed E-state index contributed by atoms with van der Waals surface area (Å²) in [4.78, 5) is 25.7. The molecule has 0 saturated heterocycles. The average Bonchev–Trinajstić information content (AvgIpc) is 3.46. The van der Waals surface area contributed by atoms with E-state index in [2.05, 4.69) is 11.5 Å². The smallest absolute Gasteiger partial charge is 0.343 e. The predicted octanol–water partition coefficient (Wildman–Crippen LogP) is 4.58. The molecule has 1 aliphatic rings. The zero-order valence-corrected chi connectivity index (χ0v) is 18.4. The summed E-state index contributed by atoms with van der Waals surface area (Å²) in [5.74, 6) is -0.0939. The Labute approximate surface area is 169 Å². The lowest BCUT2D eigenvalue weighted by Gasteiger charge is -2.20. The Morgan fingerprint density at radius 1 is 1.28 bits per heavy atom. The molecule has 0 bridgehead atoms. The van der Waals surface area contributed by atoms with E-state index < -0.39 is 31.1 Å². The van der Waals surface area contributed by atoms with E-state index in [0.29, 0.717) is 12.1 Å². The largest absolute Gasteiger partial charge is 0.462 e. The van der Waals surface area contributed by atoms with Gasteiger partial charge in [0, 0.05) is 11.7 Å². The third kappa shape index (κ3) is 3.99. The van der Waals surface area contributed by atoms with Gasteiger partial charge in [0.2, 0.25) is 5.43 Å². The monoisotopic (exact) mass is 417 g/mol. The molecule has 7 heteroatoms. The molecule has 4 nitrogen and oxygen atoms in total. The molecule has 3 rings (SSSR count). The van der Waals surface area contributed by atoms with Crippen molar-refractivity contribution in [1.82, 2.24) is 4.57 Å². The van der Waals surface area contributed by atoms with Crippen LogP contribution < -0.4 is 5.43 Å². The van der Waals surface area contributed by atoms with E-state index >= 15 is 0 Å². The van der Waals surface area contributed by atoms with Gasteiger partial charge in [-0.1, -0.05) is 32.5 Å². The fraction of sp³-hybridized carbons (Fsp3) is 0.455. The highest BCUT2D eigenvalue weighted by molar-refractivity contribution is 6.83. The highest BCUT2D eigenvalue weighted by Gasteiger charge is 2.33. The van der Waals surface area contributed by atoms with E-state index in [1.54, 1.807) is 6.92 Å². The zero-order chi connectivity index (χ0) is 21.5. The number of carbonyl (C=O) groups excluding carboxylic acids is 1. The maximum Gasteiger partial charge on any atom is 0.343 e. The highest BCUT2D eigenvalue weighted by Crippen LogP contribution is 2.40. The molecule has 0 amide bonds. The van der Waals surface area contributed by atoms with Crippen LogP contribution in [0, 0.1) is 23.1 Å². The van der Waals surface area contributed by atoms with E-state index in [4.69, 9.17) is 4.74 Å². The van der Waals surface area contributed by atoms with Crippen LogP contribution in [0.2, 0.25) is 19.6 Å². The summed E-state index contributed by atoms with van der Waals surface area (Å²) in [5.41, 5.74) is 3.02. The zero-order valence-electron chi connectivity index (χ0n) is 17.4. The number of nitrogens with zero attached hydrogens (tertiary/aromatic N) is 1. The summed E-state index contributed by atoms with van der Waals surface area (Å²) in [6.07, 6.45) is 2.07. The minimum Gasteiger partial charge on any atom is -0.462 e. The van der Waals surface area contributed by atoms with E-state index in [9.17, 15) is 18.4 Å². The van der Waals surface area contributed by atoms with Crippen molar-refractivity contribution >= 4 is 24.9 Å². The van der Waals surface area contributed by atoms with Crippen LogP contribution in [0.5, 0.6) is 0 Å². The van der Waals surface area contributed by atoms with Crippen molar-refractivity contribution in [1.29, 1.82) is 0 Å². The lowest BCUT2D eigenvalue weighted by atomic mass is 10.0. The third-order valence-corrected chi connectivity index (χ3v) is 5.65. The second-order valence-electron chi connectivity index (χ2n) is 8.27. The minimum absolute atomic E-state index is 0.0264. The summed E-state index contributed by atoms with van der Waals surface area (Å²) in [6.45, 7) is 9.61. The van der Waals surface area contributed by atoms with E-state index in [-0.39, 0.29) is 34.7 Å². The van der Waals surface area contributed by atoms with Crippen molar-refractivity contribution in [2.24, 2.45) is 0 Å². The summed E-state index contributed by atoms with van der Waals surface area (Å²) in [6, 6.07) is 0.909. The van der Waals surface area contributed by atoms with E-state index in [1.807, 2.05) is 31.1 Å². The van der Waals surface area contributed by atoms with Gasteiger partial charge in [0.15, 0.2) is 11.6 Å². The van der Waals surface area contributed by atoms with Gasteiger partial charge in [-0.3, -0.25) is 4.79 Å². The van der Waals surface area contributed by atoms with Gasteiger partial charge in [-0.25, -0.2) is 13.6 Å². The predicted molar refractivity (Wildman–Crippen MR) is 112 cm³/mol. The Hall–Kier alpha value is -2.46. The first kappa shape index (κ1) is 21.3. The summed E-state index contributed by atoms with van der Waals surface area (Å²) >= 11 is 0. The first-order valence-electron chi connectivity index (χ1n) is 9.90. The molecule has 29 heavy (non-hydrogen) atoms. The first-order valence-corrected chi connectivity index (χ1v) is 13.4. The van der Waals surface area contributed by atoms with E-state index in [1.165, 1.54) is 0 Å². The quantitative estimate of drug-likeness (QED) is 0.416. The molecule has 1 aromatic carbocycles. The van der Waals surface area contributed by atoms with Gasteiger partial charge < -0.3 is 9.30 Å². The van der Waals surface area contributed by atoms with Crippen LogP contribution in [0.1, 0.15) is 54.3 Å². The van der Waals surface area contributed by atoms with Crippen molar-refractivity contribution in [3.8, 4) is 11.5 Å². The molecule has 0 spiro atoms. The number of pyridine rings is 1. The lowest BCUT2D eigenvalue weighted by molar-refractivity contribution is 0.0522. The number of halogens is 2. The number of rotatable bonds is 4. The van der Waals surface area contributed by atoms with Gasteiger partial charge in [0.1, 0.15) is 13.6 Å². The Bertz CT molecular complexity index is 1120. The van der Waals surface area contributed by atoms with Gasteiger partial charge in [-0.15, -0.1) is 5.54 Å². The van der Waals surface area contributed by atoms with Gasteiger partial charge in [-0.05, 0) is 32.3 Å². The fourth-order valence-electron chi connectivity index (χ4n) is 3.42. The number of hydrogen-bond acceptors (Lipinski definition) is 3. The second-order valence-corrected chi connectivity index (χ2v) is 13.0. The third-order valence-electron chi connectivity index (χ3n) is 4.77. The maximum absolute atomic E-state index is 14.8. The number of ether oxygens (including phenoxy) is 1. The van der Waals surface area contributed by atoms with Crippen LogP contribution in [0.15, 0.2) is 10.9 Å². The van der Waals surface area contributed by atoms with Crippen LogP contribution >= 0.6 is 0 Å². The van der Waals surface area contributed by atoms with Gasteiger partial charge in [0.25, 0.3) is 0 Å². The summed E-state index contributed by atoms with van der Waals surface area (Å²) in [5, 5.41) is -0.0315. The summed E-state index contributed by atoms with van der Waals surface area (Å²) < 4.78 is 36.2. The number of esters is 1. The summed E-state index contributed by atoms with van der Waals surface area (Å²) in [7, 11) is -1.88. The number of carbonyl (C=O) groups is 1. The highest BCUT2D eigenvalue weighted by atomic mass is 28.3. The first-order chi connectivity index (χ1) is 13.6. The normalized spacial score (nSPS) is 13.9. The van der Waals surface area contributed by atoms with Crippen LogP contribution in [-0.2, 0) is 11.2 Å². The molecular formula is C22H25F2NO3Si. The van der Waals surface area contributed by atoms with Crippen molar-refractivity contribution in [2.75, 3.05) is 6.61 Å². The SMILES string of the molecule is CCOC(=O)c1c(CC)n(C2CC2)c2c(C#C[Si](C)(C)C)c(F)c(F)cc2c1=O. The van der Waals surface area contributed by atoms with Crippen LogP contribution in [0.3, 0.4) is 0 Å². The lowest BCUT2D eigenvalue weighted by Crippen LogP contribution is -2.26. The number of hydrogen-bond donors (Lipinski definition) is 0.